The van der Waals surface area contributed by atoms with Crippen LogP contribution in [0.3, 0.4) is 0 Å². The summed E-state index contributed by atoms with van der Waals surface area (Å²) < 4.78 is 40.9. The van der Waals surface area contributed by atoms with Crippen molar-refractivity contribution in [3.8, 4) is 0 Å². The van der Waals surface area contributed by atoms with E-state index in [1.807, 2.05) is 6.92 Å². The van der Waals surface area contributed by atoms with Crippen molar-refractivity contribution in [2.24, 2.45) is 11.3 Å². The monoisotopic (exact) mass is 299 g/mol. The van der Waals surface area contributed by atoms with Gasteiger partial charge in [-0.25, -0.2) is 13.2 Å². The summed E-state index contributed by atoms with van der Waals surface area (Å²) in [7, 11) is 0. The lowest BCUT2D eigenvalue weighted by Gasteiger charge is -2.35. The van der Waals surface area contributed by atoms with Crippen molar-refractivity contribution in [2.45, 2.75) is 52.5 Å². The van der Waals surface area contributed by atoms with Crippen molar-refractivity contribution < 1.29 is 13.2 Å². The van der Waals surface area contributed by atoms with E-state index in [4.69, 9.17) is 0 Å². The molecule has 1 saturated carbocycles. The van der Waals surface area contributed by atoms with Crippen molar-refractivity contribution >= 4 is 0 Å². The molecule has 0 bridgehead atoms. The highest BCUT2D eigenvalue weighted by atomic mass is 19.2. The molecule has 4 heteroatoms. The second-order valence-corrected chi connectivity index (χ2v) is 6.68. The Morgan fingerprint density at radius 3 is 2.52 bits per heavy atom. The molecule has 1 aliphatic rings. The van der Waals surface area contributed by atoms with Gasteiger partial charge in [0.2, 0.25) is 0 Å². The van der Waals surface area contributed by atoms with Crippen LogP contribution in [0.1, 0.15) is 58.1 Å². The van der Waals surface area contributed by atoms with Gasteiger partial charge in [-0.15, -0.1) is 0 Å². The van der Waals surface area contributed by atoms with E-state index in [-0.39, 0.29) is 22.9 Å². The fourth-order valence-electron chi connectivity index (χ4n) is 3.52. The zero-order valence-electron chi connectivity index (χ0n) is 13.0. The molecule has 1 fully saturated rings. The molecule has 0 aromatic heterocycles. The molecule has 2 rings (SSSR count). The molecule has 0 radical (unpaired) electrons. The molecule has 1 aromatic rings. The van der Waals surface area contributed by atoms with E-state index in [1.165, 1.54) is 6.07 Å². The summed E-state index contributed by atoms with van der Waals surface area (Å²) in [6.45, 7) is 7.10. The van der Waals surface area contributed by atoms with E-state index >= 15 is 0 Å². The lowest BCUT2D eigenvalue weighted by Crippen LogP contribution is -2.35. The van der Waals surface area contributed by atoms with Gasteiger partial charge in [0.15, 0.2) is 17.5 Å². The van der Waals surface area contributed by atoms with Crippen LogP contribution >= 0.6 is 0 Å². The van der Waals surface area contributed by atoms with Gasteiger partial charge in [-0.3, -0.25) is 0 Å². The minimum atomic E-state index is -1.37. The molecule has 21 heavy (non-hydrogen) atoms. The smallest absolute Gasteiger partial charge is 0.194 e. The van der Waals surface area contributed by atoms with Gasteiger partial charge in [-0.1, -0.05) is 33.3 Å². The molecule has 0 saturated heterocycles. The van der Waals surface area contributed by atoms with Crippen molar-refractivity contribution in [1.82, 2.24) is 5.32 Å². The van der Waals surface area contributed by atoms with E-state index in [2.05, 4.69) is 19.2 Å². The van der Waals surface area contributed by atoms with Gasteiger partial charge in [0.05, 0.1) is 0 Å². The van der Waals surface area contributed by atoms with E-state index in [9.17, 15) is 13.2 Å². The topological polar surface area (TPSA) is 12.0 Å². The maximum Gasteiger partial charge on any atom is 0.194 e. The van der Waals surface area contributed by atoms with E-state index in [1.54, 1.807) is 0 Å². The van der Waals surface area contributed by atoms with Crippen LogP contribution in [0.15, 0.2) is 12.1 Å². The predicted molar refractivity (Wildman–Crippen MR) is 78.5 cm³/mol. The van der Waals surface area contributed by atoms with Gasteiger partial charge in [-0.2, -0.15) is 0 Å². The normalized spacial score (nSPS) is 22.5. The summed E-state index contributed by atoms with van der Waals surface area (Å²) in [5.41, 5.74) is 0.324. The molecule has 1 N–H and O–H groups in total. The third kappa shape index (κ3) is 3.25. The maximum absolute atomic E-state index is 14.2. The zero-order chi connectivity index (χ0) is 15.6. The van der Waals surface area contributed by atoms with Crippen molar-refractivity contribution in [3.63, 3.8) is 0 Å². The van der Waals surface area contributed by atoms with Crippen LogP contribution in [0.5, 0.6) is 0 Å². The first kappa shape index (κ1) is 16.3. The van der Waals surface area contributed by atoms with Crippen LogP contribution in [-0.2, 0) is 0 Å². The van der Waals surface area contributed by atoms with Gasteiger partial charge >= 0.3 is 0 Å². The number of benzene rings is 1. The van der Waals surface area contributed by atoms with Crippen LogP contribution in [0.25, 0.3) is 0 Å². The van der Waals surface area contributed by atoms with Crippen molar-refractivity contribution in [3.05, 3.63) is 35.1 Å². The van der Waals surface area contributed by atoms with Crippen LogP contribution in [0.4, 0.5) is 13.2 Å². The minimum Gasteiger partial charge on any atom is -0.310 e. The Morgan fingerprint density at radius 2 is 1.95 bits per heavy atom. The molecule has 2 unspecified atom stereocenters. The molecule has 0 amide bonds. The number of hydrogen-bond acceptors (Lipinski definition) is 1. The maximum atomic E-state index is 14.2. The first-order valence-electron chi connectivity index (χ1n) is 7.75. The Morgan fingerprint density at radius 1 is 1.24 bits per heavy atom. The summed E-state index contributed by atoms with van der Waals surface area (Å²) in [5, 5.41) is 3.34. The Labute approximate surface area is 124 Å². The number of halogens is 3. The van der Waals surface area contributed by atoms with E-state index in [0.717, 1.165) is 38.3 Å². The minimum absolute atomic E-state index is 0.0721. The molecule has 0 heterocycles. The number of hydrogen-bond donors (Lipinski definition) is 1. The lowest BCUT2D eigenvalue weighted by atomic mass is 9.75. The molecule has 2 atom stereocenters. The zero-order valence-corrected chi connectivity index (χ0v) is 13.0. The quantitative estimate of drug-likeness (QED) is 0.757. The predicted octanol–water partition coefficient (Wildman–Crippen LogP) is 4.97. The highest BCUT2D eigenvalue weighted by molar-refractivity contribution is 5.25. The molecule has 1 nitrogen and oxygen atoms in total. The fraction of sp³-hybridized carbons (Fsp3) is 0.647. The molecule has 0 spiro atoms. The third-order valence-corrected chi connectivity index (χ3v) is 4.76. The average molecular weight is 299 g/mol. The van der Waals surface area contributed by atoms with Crippen LogP contribution in [-0.4, -0.2) is 6.54 Å². The number of rotatable bonds is 5. The second-order valence-electron chi connectivity index (χ2n) is 6.68. The van der Waals surface area contributed by atoms with E-state index in [0.29, 0.717) is 0 Å². The Balaban J connectivity index is 2.39. The lowest BCUT2D eigenvalue weighted by molar-refractivity contribution is 0.194. The molecule has 0 aliphatic heterocycles. The molecule has 118 valence electrons. The van der Waals surface area contributed by atoms with Gasteiger partial charge in [-0.05, 0) is 43.2 Å². The first-order valence-corrected chi connectivity index (χ1v) is 7.75. The highest BCUT2D eigenvalue weighted by Crippen LogP contribution is 2.49. The van der Waals surface area contributed by atoms with Crippen molar-refractivity contribution in [2.75, 3.05) is 6.54 Å². The fourth-order valence-corrected chi connectivity index (χ4v) is 3.52. The van der Waals surface area contributed by atoms with Crippen LogP contribution < -0.4 is 5.32 Å². The van der Waals surface area contributed by atoms with Gasteiger partial charge in [0, 0.05) is 11.6 Å². The Hall–Kier alpha value is -1.03. The van der Waals surface area contributed by atoms with E-state index < -0.39 is 17.5 Å². The van der Waals surface area contributed by atoms with Crippen LogP contribution in [0.2, 0.25) is 0 Å². The number of nitrogens with one attached hydrogen (secondary N) is 1. The van der Waals surface area contributed by atoms with Gasteiger partial charge < -0.3 is 5.32 Å². The first-order chi connectivity index (χ1) is 9.88. The van der Waals surface area contributed by atoms with Crippen molar-refractivity contribution in [1.29, 1.82) is 0 Å². The standard InChI is InChI=1S/C17H24F3N/c1-4-10-21-16(12-6-5-9-17(12,2)3)11-7-8-13(18)15(20)14(11)19/h7-8,12,16,21H,4-6,9-10H2,1-3H3. The Kier molecular flexibility index (Phi) is 4.97. The van der Waals surface area contributed by atoms with Gasteiger partial charge in [0.25, 0.3) is 0 Å². The van der Waals surface area contributed by atoms with Gasteiger partial charge in [0.1, 0.15) is 0 Å². The molecule has 1 aliphatic carbocycles. The second kappa shape index (κ2) is 6.39. The molecular formula is C17H24F3N. The largest absolute Gasteiger partial charge is 0.310 e. The summed E-state index contributed by atoms with van der Waals surface area (Å²) in [6, 6.07) is 2.14. The summed E-state index contributed by atoms with van der Waals surface area (Å²) >= 11 is 0. The summed E-state index contributed by atoms with van der Waals surface area (Å²) in [4.78, 5) is 0. The van der Waals surface area contributed by atoms with Crippen LogP contribution in [0, 0.1) is 28.8 Å². The third-order valence-electron chi connectivity index (χ3n) is 4.76. The highest BCUT2D eigenvalue weighted by Gasteiger charge is 2.41. The average Bonchev–Trinajstić information content (AvgIpc) is 2.78. The SMILES string of the molecule is CCCNC(c1ccc(F)c(F)c1F)C1CCCC1(C)C. The molecule has 1 aromatic carbocycles. The molecular weight excluding hydrogens is 275 g/mol. The summed E-state index contributed by atoms with van der Waals surface area (Å²) in [5.74, 6) is -3.32. The summed E-state index contributed by atoms with van der Waals surface area (Å²) in [6.07, 6.45) is 4.06. The Bertz CT molecular complexity index is 499.